The quantitative estimate of drug-likeness (QED) is 0.849. The number of hydrogen-bond acceptors (Lipinski definition) is 6. The first-order chi connectivity index (χ1) is 12.4. The van der Waals surface area contributed by atoms with Gasteiger partial charge in [0.2, 0.25) is 0 Å². The number of likely N-dealkylation sites (tertiary alicyclic amines) is 1. The minimum atomic E-state index is -0.436. The maximum Gasteiger partial charge on any atom is 0.410 e. The second-order valence-corrected chi connectivity index (χ2v) is 8.29. The summed E-state index contributed by atoms with van der Waals surface area (Å²) in [7, 11) is 1.80. The van der Waals surface area contributed by atoms with E-state index in [1.54, 1.807) is 7.05 Å². The number of carbonyl (C=O) groups excluding carboxylic acids is 2. The van der Waals surface area contributed by atoms with Crippen molar-refractivity contribution in [2.75, 3.05) is 32.0 Å². The van der Waals surface area contributed by atoms with Gasteiger partial charge in [0.15, 0.2) is 5.13 Å². The molecular weight excluding hydrogens is 352 g/mol. The zero-order chi connectivity index (χ0) is 18.9. The van der Waals surface area contributed by atoms with Crippen LogP contribution in [-0.2, 0) is 4.74 Å². The van der Waals surface area contributed by atoms with Gasteiger partial charge in [-0.15, -0.1) is 0 Å². The van der Waals surface area contributed by atoms with Crippen LogP contribution >= 0.6 is 11.3 Å². The van der Waals surface area contributed by atoms with Crippen LogP contribution in [0.1, 0.15) is 54.9 Å². The molecule has 0 aromatic carbocycles. The van der Waals surface area contributed by atoms with E-state index in [4.69, 9.17) is 4.74 Å². The van der Waals surface area contributed by atoms with Gasteiger partial charge in [0, 0.05) is 39.0 Å². The normalized spacial score (nSPS) is 20.4. The van der Waals surface area contributed by atoms with Gasteiger partial charge in [-0.05, 0) is 20.3 Å². The Morgan fingerprint density at radius 2 is 2.12 bits per heavy atom. The van der Waals surface area contributed by atoms with Gasteiger partial charge in [-0.3, -0.25) is 4.79 Å². The summed E-state index contributed by atoms with van der Waals surface area (Å²) < 4.78 is 5.78. The molecule has 0 saturated carbocycles. The maximum absolute atomic E-state index is 12.8. The molecule has 0 aliphatic carbocycles. The highest BCUT2D eigenvalue weighted by Gasteiger charge is 2.48. The molecule has 2 aliphatic rings. The van der Waals surface area contributed by atoms with Crippen molar-refractivity contribution in [3.8, 4) is 0 Å². The summed E-state index contributed by atoms with van der Waals surface area (Å²) >= 11 is 1.39. The Balaban J connectivity index is 1.63. The second-order valence-electron chi connectivity index (χ2n) is 7.29. The number of rotatable bonds is 5. The lowest BCUT2D eigenvalue weighted by Gasteiger charge is -2.37. The number of amides is 2. The molecule has 3 heterocycles. The Labute approximate surface area is 158 Å². The number of aryl methyl sites for hydroxylation is 1. The monoisotopic (exact) mass is 380 g/mol. The van der Waals surface area contributed by atoms with Crippen molar-refractivity contribution in [3.63, 3.8) is 0 Å². The molecule has 26 heavy (non-hydrogen) atoms. The van der Waals surface area contributed by atoms with Crippen molar-refractivity contribution >= 4 is 28.5 Å². The molecule has 1 N–H and O–H groups in total. The molecule has 2 amide bonds. The lowest BCUT2D eigenvalue weighted by molar-refractivity contribution is 0.00319. The van der Waals surface area contributed by atoms with Crippen LogP contribution in [0.2, 0.25) is 0 Å². The lowest BCUT2D eigenvalue weighted by atomic mass is 9.91. The van der Waals surface area contributed by atoms with E-state index in [0.29, 0.717) is 37.4 Å². The molecule has 0 bridgehead atoms. The molecule has 2 saturated heterocycles. The Bertz CT molecular complexity index is 682. The van der Waals surface area contributed by atoms with Crippen LogP contribution in [0.3, 0.4) is 0 Å². The summed E-state index contributed by atoms with van der Waals surface area (Å²) in [5.74, 6) is 0.0249. The third kappa shape index (κ3) is 3.51. The number of carbonyl (C=O) groups is 2. The van der Waals surface area contributed by atoms with Crippen LogP contribution in [0, 0.1) is 6.92 Å². The summed E-state index contributed by atoms with van der Waals surface area (Å²) in [5.41, 5.74) is 0.325. The van der Waals surface area contributed by atoms with E-state index in [-0.39, 0.29) is 18.0 Å². The summed E-state index contributed by atoms with van der Waals surface area (Å²) in [4.78, 5) is 33.9. The summed E-state index contributed by atoms with van der Waals surface area (Å²) in [6.45, 7) is 7.91. The summed E-state index contributed by atoms with van der Waals surface area (Å²) in [6.07, 6.45) is 3.20. The Morgan fingerprint density at radius 3 is 2.69 bits per heavy atom. The molecule has 2 fully saturated rings. The van der Waals surface area contributed by atoms with Crippen molar-refractivity contribution in [1.29, 1.82) is 0 Å². The van der Waals surface area contributed by atoms with Crippen LogP contribution in [0.5, 0.6) is 0 Å². The fraction of sp³-hybridized carbons (Fsp3) is 0.722. The van der Waals surface area contributed by atoms with E-state index in [0.717, 1.165) is 23.7 Å². The Kier molecular flexibility index (Phi) is 5.41. The first-order valence-corrected chi connectivity index (χ1v) is 10.1. The van der Waals surface area contributed by atoms with Gasteiger partial charge in [0.25, 0.3) is 5.91 Å². The minimum Gasteiger partial charge on any atom is -0.441 e. The van der Waals surface area contributed by atoms with E-state index in [1.165, 1.54) is 11.3 Å². The third-order valence-electron chi connectivity index (χ3n) is 5.40. The number of thiazole rings is 1. The van der Waals surface area contributed by atoms with Gasteiger partial charge < -0.3 is 19.9 Å². The molecule has 144 valence electrons. The van der Waals surface area contributed by atoms with Crippen molar-refractivity contribution < 1.29 is 14.3 Å². The molecule has 1 spiro atoms. The average Bonchev–Trinajstić information content (AvgIpc) is 3.15. The molecule has 0 radical (unpaired) electrons. The number of hydrogen-bond donors (Lipinski definition) is 1. The van der Waals surface area contributed by atoms with Crippen molar-refractivity contribution in [3.05, 3.63) is 10.6 Å². The van der Waals surface area contributed by atoms with E-state index in [1.807, 2.05) is 16.7 Å². The van der Waals surface area contributed by atoms with Crippen LogP contribution in [0.15, 0.2) is 0 Å². The van der Waals surface area contributed by atoms with Gasteiger partial charge in [-0.2, -0.15) is 0 Å². The smallest absolute Gasteiger partial charge is 0.410 e. The number of ether oxygens (including phenoxy) is 1. The molecule has 2 aliphatic heterocycles. The van der Waals surface area contributed by atoms with E-state index >= 15 is 0 Å². The highest BCUT2D eigenvalue weighted by molar-refractivity contribution is 7.17. The van der Waals surface area contributed by atoms with Gasteiger partial charge in [-0.25, -0.2) is 9.78 Å². The second kappa shape index (κ2) is 7.42. The number of anilines is 1. The highest BCUT2D eigenvalue weighted by atomic mass is 32.1. The van der Waals surface area contributed by atoms with Gasteiger partial charge in [0.1, 0.15) is 10.5 Å². The largest absolute Gasteiger partial charge is 0.441 e. The zero-order valence-electron chi connectivity index (χ0n) is 16.0. The van der Waals surface area contributed by atoms with E-state index in [9.17, 15) is 9.59 Å². The van der Waals surface area contributed by atoms with Gasteiger partial charge in [-0.1, -0.05) is 24.7 Å². The average molecular weight is 381 g/mol. The lowest BCUT2D eigenvalue weighted by Crippen LogP contribution is -2.49. The van der Waals surface area contributed by atoms with Crippen LogP contribution < -0.4 is 5.32 Å². The molecule has 7 nitrogen and oxygen atoms in total. The van der Waals surface area contributed by atoms with Gasteiger partial charge >= 0.3 is 6.09 Å². The summed E-state index contributed by atoms with van der Waals surface area (Å²) in [6, 6.07) is 0.200. The number of aromatic nitrogens is 1. The predicted octanol–water partition coefficient (Wildman–Crippen LogP) is 3.11. The molecule has 1 atom stereocenters. The van der Waals surface area contributed by atoms with Gasteiger partial charge in [0.05, 0.1) is 12.2 Å². The van der Waals surface area contributed by atoms with Crippen molar-refractivity contribution in [2.45, 2.75) is 58.1 Å². The predicted molar refractivity (Wildman–Crippen MR) is 102 cm³/mol. The Morgan fingerprint density at radius 1 is 1.42 bits per heavy atom. The van der Waals surface area contributed by atoms with Crippen LogP contribution in [-0.4, -0.2) is 65.1 Å². The molecule has 1 unspecified atom stereocenters. The standard InChI is InChI=1S/C18H28N4O3S/c1-5-6-12(2)22-11-18(25-17(22)24)7-9-21(10-8-18)15(23)14-13(3)20-16(19-4)26-14/h12H,5-11H2,1-4H3,(H,19,20). The zero-order valence-corrected chi connectivity index (χ0v) is 16.8. The third-order valence-corrected chi connectivity index (χ3v) is 6.56. The summed E-state index contributed by atoms with van der Waals surface area (Å²) in [5, 5.41) is 3.74. The van der Waals surface area contributed by atoms with Crippen LogP contribution in [0.4, 0.5) is 9.93 Å². The first kappa shape index (κ1) is 18.9. The molecule has 1 aromatic heterocycles. The molecule has 1 aromatic rings. The van der Waals surface area contributed by atoms with E-state index in [2.05, 4.69) is 24.1 Å². The molecular formula is C18H28N4O3S. The molecule has 3 rings (SSSR count). The first-order valence-electron chi connectivity index (χ1n) is 9.33. The number of piperidine rings is 1. The number of nitrogens with zero attached hydrogens (tertiary/aromatic N) is 3. The fourth-order valence-corrected chi connectivity index (χ4v) is 4.67. The number of nitrogens with one attached hydrogen (secondary N) is 1. The SMILES string of the molecule is CCCC(C)N1CC2(CCN(C(=O)c3sc(NC)nc3C)CC2)OC1=O. The Hall–Kier alpha value is -1.83. The van der Waals surface area contributed by atoms with Crippen LogP contribution in [0.25, 0.3) is 0 Å². The minimum absolute atomic E-state index is 0.0249. The van der Waals surface area contributed by atoms with E-state index < -0.39 is 5.60 Å². The highest BCUT2D eigenvalue weighted by Crippen LogP contribution is 2.35. The topological polar surface area (TPSA) is 74.8 Å². The fourth-order valence-electron chi connectivity index (χ4n) is 3.78. The molecule has 8 heteroatoms. The van der Waals surface area contributed by atoms with Crippen molar-refractivity contribution in [1.82, 2.24) is 14.8 Å². The van der Waals surface area contributed by atoms with Crippen molar-refractivity contribution in [2.24, 2.45) is 0 Å². The maximum atomic E-state index is 12.8.